The van der Waals surface area contributed by atoms with Gasteiger partial charge in [0, 0.05) is 12.5 Å². The average Bonchev–Trinajstić information content (AvgIpc) is 3.42. The fourth-order valence-electron chi connectivity index (χ4n) is 5.29. The zero-order valence-corrected chi connectivity index (χ0v) is 20.6. The highest BCUT2D eigenvalue weighted by atomic mass is 16.7. The summed E-state index contributed by atoms with van der Waals surface area (Å²) in [5.74, 6) is 3.14. The highest BCUT2D eigenvalue weighted by Gasteiger charge is 2.28. The normalized spacial score (nSPS) is 13.2. The third kappa shape index (κ3) is 3.84. The number of methoxy groups -OCH3 is 1. The van der Waals surface area contributed by atoms with E-state index in [1.807, 2.05) is 12.1 Å². The van der Waals surface area contributed by atoms with Crippen molar-refractivity contribution < 1.29 is 23.5 Å². The van der Waals surface area contributed by atoms with E-state index >= 15 is 0 Å². The molecule has 4 aromatic carbocycles. The molecule has 5 nitrogen and oxygen atoms in total. The van der Waals surface area contributed by atoms with Gasteiger partial charge in [0.1, 0.15) is 6.61 Å². The molecule has 0 amide bonds. The van der Waals surface area contributed by atoms with Crippen molar-refractivity contribution in [3.05, 3.63) is 102 Å². The maximum absolute atomic E-state index is 6.42. The van der Waals surface area contributed by atoms with Crippen molar-refractivity contribution in [2.24, 2.45) is 0 Å². The molecule has 2 aliphatic rings. The van der Waals surface area contributed by atoms with Crippen LogP contribution in [0.3, 0.4) is 0 Å². The van der Waals surface area contributed by atoms with Gasteiger partial charge < -0.3 is 18.9 Å². The van der Waals surface area contributed by atoms with Crippen molar-refractivity contribution >= 4 is 10.8 Å². The van der Waals surface area contributed by atoms with Gasteiger partial charge in [-0.1, -0.05) is 54.6 Å². The Bertz CT molecular complexity index is 1630. The summed E-state index contributed by atoms with van der Waals surface area (Å²) < 4.78 is 25.7. The Morgan fingerprint density at radius 1 is 0.838 bits per heavy atom. The topological polar surface area (TPSA) is 40.8 Å². The van der Waals surface area contributed by atoms with Gasteiger partial charge in [-0.2, -0.15) is 4.57 Å². The Kier molecular flexibility index (Phi) is 5.21. The molecule has 3 heterocycles. The minimum Gasteiger partial charge on any atom is -0.493 e. The summed E-state index contributed by atoms with van der Waals surface area (Å²) in [5.41, 5.74) is 7.15. The molecule has 0 radical (unpaired) electrons. The monoisotopic (exact) mass is 488 g/mol. The number of rotatable bonds is 5. The molecule has 5 aromatic rings. The average molecular weight is 489 g/mol. The maximum atomic E-state index is 6.42. The lowest BCUT2D eigenvalue weighted by atomic mass is 9.95. The summed E-state index contributed by atoms with van der Waals surface area (Å²) in [6.07, 6.45) is 3.12. The number of ether oxygens (including phenoxy) is 4. The second-order valence-corrected chi connectivity index (χ2v) is 9.42. The van der Waals surface area contributed by atoms with E-state index in [0.29, 0.717) is 6.61 Å². The number of nitrogens with zero attached hydrogens (tertiary/aromatic N) is 1. The molecule has 1 aromatic heterocycles. The van der Waals surface area contributed by atoms with Crippen LogP contribution >= 0.6 is 0 Å². The van der Waals surface area contributed by atoms with E-state index in [0.717, 1.165) is 52.3 Å². The van der Waals surface area contributed by atoms with Crippen molar-refractivity contribution in [2.75, 3.05) is 13.9 Å². The Hall–Kier alpha value is -4.51. The van der Waals surface area contributed by atoms with Gasteiger partial charge in [0.2, 0.25) is 12.5 Å². The number of fused-ring (bicyclic) bond motifs is 5. The van der Waals surface area contributed by atoms with E-state index in [4.69, 9.17) is 18.9 Å². The van der Waals surface area contributed by atoms with E-state index in [1.165, 1.54) is 27.9 Å². The van der Waals surface area contributed by atoms with E-state index in [2.05, 4.69) is 83.6 Å². The maximum Gasteiger partial charge on any atom is 0.231 e. The third-order valence-corrected chi connectivity index (χ3v) is 7.24. The van der Waals surface area contributed by atoms with E-state index < -0.39 is 0 Å². The van der Waals surface area contributed by atoms with Crippen LogP contribution in [0.5, 0.6) is 23.0 Å². The molecule has 0 spiro atoms. The summed E-state index contributed by atoms with van der Waals surface area (Å²) in [6, 6.07) is 29.5. The Balaban J connectivity index is 1.22. The standard InChI is InChI=1S/C32H26NO4/c1-34-29-12-11-24-15-28-26-17-31-30(36-20-37-31)16-25(26)13-14-33(28)18-27(24)32(29)35-19-21-7-9-23(10-8-21)22-5-3-2-4-6-22/h2-12,15-18H,13-14,19-20H2,1H3/q+1. The number of aryl methyl sites for hydroxylation is 2. The zero-order chi connectivity index (χ0) is 24.8. The molecule has 0 saturated carbocycles. The van der Waals surface area contributed by atoms with Crippen LogP contribution in [-0.4, -0.2) is 13.9 Å². The summed E-state index contributed by atoms with van der Waals surface area (Å²) in [5, 5.41) is 2.14. The summed E-state index contributed by atoms with van der Waals surface area (Å²) >= 11 is 0. The van der Waals surface area contributed by atoms with Crippen molar-refractivity contribution in [1.29, 1.82) is 0 Å². The smallest absolute Gasteiger partial charge is 0.231 e. The fraction of sp³-hybridized carbons (Fsp3) is 0.156. The van der Waals surface area contributed by atoms with Crippen LogP contribution in [0.25, 0.3) is 33.2 Å². The highest BCUT2D eigenvalue weighted by molar-refractivity contribution is 5.91. The van der Waals surface area contributed by atoms with Gasteiger partial charge in [-0.3, -0.25) is 0 Å². The molecule has 0 unspecified atom stereocenters. The lowest BCUT2D eigenvalue weighted by molar-refractivity contribution is -0.686. The van der Waals surface area contributed by atoms with Crippen LogP contribution in [0.4, 0.5) is 0 Å². The van der Waals surface area contributed by atoms with E-state index in [9.17, 15) is 0 Å². The summed E-state index contributed by atoms with van der Waals surface area (Å²) in [6.45, 7) is 1.62. The second-order valence-electron chi connectivity index (χ2n) is 9.42. The van der Waals surface area contributed by atoms with Gasteiger partial charge in [0.05, 0.1) is 18.1 Å². The van der Waals surface area contributed by atoms with Gasteiger partial charge in [-0.25, -0.2) is 0 Å². The molecule has 0 saturated heterocycles. The lowest BCUT2D eigenvalue weighted by Gasteiger charge is -2.18. The molecule has 37 heavy (non-hydrogen) atoms. The quantitative estimate of drug-likeness (QED) is 0.271. The van der Waals surface area contributed by atoms with Crippen LogP contribution in [0.15, 0.2) is 91.1 Å². The molecule has 5 heteroatoms. The molecule has 0 bridgehead atoms. The Labute approximate surface area is 215 Å². The van der Waals surface area contributed by atoms with Crippen LogP contribution in [-0.2, 0) is 19.6 Å². The predicted octanol–water partition coefficient (Wildman–Crippen LogP) is 6.33. The molecule has 0 fully saturated rings. The molecule has 7 rings (SSSR count). The first kappa shape index (κ1) is 21.7. The number of hydrogen-bond acceptors (Lipinski definition) is 4. The number of hydrogen-bond donors (Lipinski definition) is 0. The van der Waals surface area contributed by atoms with Crippen LogP contribution in [0.1, 0.15) is 11.1 Å². The van der Waals surface area contributed by atoms with Crippen molar-refractivity contribution in [3.8, 4) is 45.4 Å². The minimum absolute atomic E-state index is 0.283. The molecule has 2 aliphatic heterocycles. The van der Waals surface area contributed by atoms with Gasteiger partial charge in [-0.05, 0) is 51.9 Å². The molecule has 0 N–H and O–H groups in total. The second kappa shape index (κ2) is 8.86. The van der Waals surface area contributed by atoms with Gasteiger partial charge in [-0.15, -0.1) is 0 Å². The van der Waals surface area contributed by atoms with Crippen molar-refractivity contribution in [2.45, 2.75) is 19.6 Å². The Morgan fingerprint density at radius 2 is 1.62 bits per heavy atom. The minimum atomic E-state index is 0.283. The first-order chi connectivity index (χ1) is 18.3. The van der Waals surface area contributed by atoms with E-state index in [-0.39, 0.29) is 6.79 Å². The number of pyridine rings is 1. The number of aromatic nitrogens is 1. The van der Waals surface area contributed by atoms with Gasteiger partial charge in [0.15, 0.2) is 35.7 Å². The van der Waals surface area contributed by atoms with Gasteiger partial charge in [0.25, 0.3) is 0 Å². The third-order valence-electron chi connectivity index (χ3n) is 7.24. The predicted molar refractivity (Wildman–Crippen MR) is 142 cm³/mol. The van der Waals surface area contributed by atoms with Crippen LogP contribution in [0, 0.1) is 0 Å². The van der Waals surface area contributed by atoms with Crippen molar-refractivity contribution in [1.82, 2.24) is 0 Å². The highest BCUT2D eigenvalue weighted by Crippen LogP contribution is 2.41. The Morgan fingerprint density at radius 3 is 2.43 bits per heavy atom. The molecular formula is C32H26NO4+. The summed E-state index contributed by atoms with van der Waals surface area (Å²) in [7, 11) is 1.69. The number of benzene rings is 4. The van der Waals surface area contributed by atoms with E-state index in [1.54, 1.807) is 7.11 Å². The first-order valence-corrected chi connectivity index (χ1v) is 12.5. The van der Waals surface area contributed by atoms with Crippen LogP contribution < -0.4 is 23.5 Å². The lowest BCUT2D eigenvalue weighted by Crippen LogP contribution is -2.40. The molecular weight excluding hydrogens is 462 g/mol. The molecule has 0 aliphatic carbocycles. The van der Waals surface area contributed by atoms with Crippen molar-refractivity contribution in [3.63, 3.8) is 0 Å². The van der Waals surface area contributed by atoms with Crippen LogP contribution in [0.2, 0.25) is 0 Å². The van der Waals surface area contributed by atoms with Gasteiger partial charge >= 0.3 is 0 Å². The molecule has 0 atom stereocenters. The largest absolute Gasteiger partial charge is 0.493 e. The first-order valence-electron chi connectivity index (χ1n) is 12.5. The fourth-order valence-corrected chi connectivity index (χ4v) is 5.29. The molecule has 182 valence electrons. The summed E-state index contributed by atoms with van der Waals surface area (Å²) in [4.78, 5) is 0. The zero-order valence-electron chi connectivity index (χ0n) is 20.6. The SMILES string of the molecule is COc1ccc2cc3[n+](cc2c1OCc1ccc(-c2ccccc2)cc1)CCc1cc2c(cc1-3)OCO2.